The zero-order valence-corrected chi connectivity index (χ0v) is 25.7. The molecule has 234 valence electrons. The van der Waals surface area contributed by atoms with Crippen LogP contribution >= 0.6 is 23.2 Å². The summed E-state index contributed by atoms with van der Waals surface area (Å²) in [6.45, 7) is 1.71. The Kier molecular flexibility index (Phi) is 9.15. The summed E-state index contributed by atoms with van der Waals surface area (Å²) in [4.78, 5) is 22.3. The van der Waals surface area contributed by atoms with Gasteiger partial charge in [-0.2, -0.15) is 25.9 Å². The van der Waals surface area contributed by atoms with Gasteiger partial charge in [0.25, 0.3) is 10.2 Å². The molecule has 2 heterocycles. The maximum atomic E-state index is 14.4. The van der Waals surface area contributed by atoms with Gasteiger partial charge >= 0.3 is 12.2 Å². The van der Waals surface area contributed by atoms with Crippen LogP contribution < -0.4 is 9.88 Å². The van der Waals surface area contributed by atoms with Crippen LogP contribution in [0.3, 0.4) is 0 Å². The number of amides is 2. The van der Waals surface area contributed by atoms with Gasteiger partial charge in [0.1, 0.15) is 17.6 Å². The van der Waals surface area contributed by atoms with E-state index < -0.39 is 40.1 Å². The molecule has 0 aliphatic carbocycles. The van der Waals surface area contributed by atoms with Crippen LogP contribution in [0.15, 0.2) is 71.7 Å². The van der Waals surface area contributed by atoms with Crippen molar-refractivity contribution in [3.8, 4) is 5.75 Å². The summed E-state index contributed by atoms with van der Waals surface area (Å²) in [7, 11) is -3.96. The van der Waals surface area contributed by atoms with Gasteiger partial charge < -0.3 is 9.64 Å². The Balaban J connectivity index is 1.67. The SMILES string of the molecule is CCOc1cc(C(F)(F)F)ccc1C1=NC(c2ccc(Cl)cc2)C(c2ccc(Cl)cc2)N1C(=O)N1CCN(S(N)(=O)=O)CC1. The molecule has 0 spiro atoms. The van der Waals surface area contributed by atoms with Crippen molar-refractivity contribution in [1.82, 2.24) is 14.1 Å². The fraction of sp³-hybridized carbons (Fsp3) is 0.310. The van der Waals surface area contributed by atoms with Crippen LogP contribution in [0, 0.1) is 0 Å². The summed E-state index contributed by atoms with van der Waals surface area (Å²) >= 11 is 12.3. The molecule has 44 heavy (non-hydrogen) atoms. The highest BCUT2D eigenvalue weighted by atomic mass is 35.5. The molecule has 3 aromatic rings. The van der Waals surface area contributed by atoms with Crippen LogP contribution in [-0.4, -0.2) is 67.2 Å². The second-order valence-corrected chi connectivity index (χ2v) is 12.6. The third kappa shape index (κ3) is 6.66. The molecule has 2 amide bonds. The Hall–Kier alpha value is -3.36. The molecule has 0 aromatic heterocycles. The first kappa shape index (κ1) is 32.0. The molecule has 1 fully saturated rings. The van der Waals surface area contributed by atoms with E-state index in [1.165, 1.54) is 15.9 Å². The van der Waals surface area contributed by atoms with E-state index >= 15 is 0 Å². The van der Waals surface area contributed by atoms with E-state index in [2.05, 4.69) is 0 Å². The van der Waals surface area contributed by atoms with Crippen LogP contribution in [0.1, 0.15) is 41.3 Å². The molecule has 2 aliphatic rings. The van der Waals surface area contributed by atoms with Gasteiger partial charge in [0.2, 0.25) is 0 Å². The molecular weight excluding hydrogens is 642 g/mol. The number of amidine groups is 1. The fourth-order valence-electron chi connectivity index (χ4n) is 5.30. The van der Waals surface area contributed by atoms with Crippen molar-refractivity contribution in [3.05, 3.63) is 99.0 Å². The monoisotopic (exact) mass is 669 g/mol. The number of hydrogen-bond acceptors (Lipinski definition) is 5. The van der Waals surface area contributed by atoms with Crippen molar-refractivity contribution in [2.75, 3.05) is 32.8 Å². The average molecular weight is 671 g/mol. The van der Waals surface area contributed by atoms with E-state index in [0.29, 0.717) is 21.2 Å². The first-order chi connectivity index (χ1) is 20.8. The number of benzene rings is 3. The average Bonchev–Trinajstić information content (AvgIpc) is 3.37. The molecule has 2 atom stereocenters. The molecule has 2 aliphatic heterocycles. The molecule has 0 bridgehead atoms. The second kappa shape index (κ2) is 12.6. The minimum atomic E-state index is -4.63. The Morgan fingerprint density at radius 2 is 1.52 bits per heavy atom. The number of ether oxygens (including phenoxy) is 1. The smallest absolute Gasteiger partial charge is 0.416 e. The highest BCUT2D eigenvalue weighted by Gasteiger charge is 2.45. The lowest BCUT2D eigenvalue weighted by Gasteiger charge is -2.38. The van der Waals surface area contributed by atoms with Crippen LogP contribution in [0.5, 0.6) is 5.75 Å². The van der Waals surface area contributed by atoms with Gasteiger partial charge in [0.15, 0.2) is 0 Å². The number of rotatable bonds is 6. The zero-order valence-electron chi connectivity index (χ0n) is 23.3. The predicted octanol–water partition coefficient (Wildman–Crippen LogP) is 5.90. The fourth-order valence-corrected chi connectivity index (χ4v) is 6.22. The molecule has 9 nitrogen and oxygen atoms in total. The quantitative estimate of drug-likeness (QED) is 0.353. The van der Waals surface area contributed by atoms with E-state index in [0.717, 1.165) is 16.4 Å². The number of carbonyl (C=O) groups is 1. The topological polar surface area (TPSA) is 109 Å². The van der Waals surface area contributed by atoms with Crippen LogP contribution in [0.25, 0.3) is 0 Å². The Labute approximate surface area is 262 Å². The number of hydrogen-bond donors (Lipinski definition) is 1. The minimum absolute atomic E-state index is 0.0262. The van der Waals surface area contributed by atoms with Crippen LogP contribution in [0.4, 0.5) is 18.0 Å². The maximum Gasteiger partial charge on any atom is 0.416 e. The molecule has 5 rings (SSSR count). The molecule has 1 saturated heterocycles. The van der Waals surface area contributed by atoms with Crippen LogP contribution in [0.2, 0.25) is 10.0 Å². The highest BCUT2D eigenvalue weighted by molar-refractivity contribution is 7.86. The lowest BCUT2D eigenvalue weighted by atomic mass is 9.93. The van der Waals surface area contributed by atoms with Crippen molar-refractivity contribution >= 4 is 45.3 Å². The largest absolute Gasteiger partial charge is 0.493 e. The number of halogens is 5. The number of aliphatic imine (C=N–C) groups is 1. The summed E-state index contributed by atoms with van der Waals surface area (Å²) in [6.07, 6.45) is -4.63. The minimum Gasteiger partial charge on any atom is -0.493 e. The number of piperazine rings is 1. The van der Waals surface area contributed by atoms with Gasteiger partial charge in [-0.25, -0.2) is 9.93 Å². The van der Waals surface area contributed by atoms with E-state index in [4.69, 9.17) is 38.1 Å². The third-order valence-corrected chi connectivity index (χ3v) is 9.00. The summed E-state index contributed by atoms with van der Waals surface area (Å²) in [6, 6.07) is 14.8. The summed E-state index contributed by atoms with van der Waals surface area (Å²) in [5.41, 5.74) is 0.635. The molecule has 3 aromatic carbocycles. The number of carbonyl (C=O) groups excluding carboxylic acids is 1. The first-order valence-electron chi connectivity index (χ1n) is 13.6. The summed E-state index contributed by atoms with van der Waals surface area (Å²) in [5.74, 6) is 0.00508. The maximum absolute atomic E-state index is 14.4. The van der Waals surface area contributed by atoms with Gasteiger partial charge in [-0.05, 0) is 60.5 Å². The van der Waals surface area contributed by atoms with Gasteiger partial charge in [0.05, 0.1) is 23.8 Å². The molecule has 2 unspecified atom stereocenters. The van der Waals surface area contributed by atoms with E-state index in [1.807, 2.05) is 0 Å². The summed E-state index contributed by atoms with van der Waals surface area (Å²) in [5, 5.41) is 6.25. The van der Waals surface area contributed by atoms with Crippen molar-refractivity contribution in [2.45, 2.75) is 25.2 Å². The lowest BCUT2D eigenvalue weighted by Crippen LogP contribution is -2.56. The second-order valence-electron chi connectivity index (χ2n) is 10.2. The number of nitrogens with two attached hydrogens (primary N) is 1. The predicted molar refractivity (Wildman–Crippen MR) is 161 cm³/mol. The highest BCUT2D eigenvalue weighted by Crippen LogP contribution is 2.46. The van der Waals surface area contributed by atoms with Gasteiger partial charge in [-0.3, -0.25) is 9.89 Å². The zero-order chi connectivity index (χ0) is 31.8. The van der Waals surface area contributed by atoms with Crippen molar-refractivity contribution in [1.29, 1.82) is 0 Å². The molecule has 0 saturated carbocycles. The number of alkyl halides is 3. The Bertz CT molecular complexity index is 1660. The lowest BCUT2D eigenvalue weighted by molar-refractivity contribution is -0.137. The summed E-state index contributed by atoms with van der Waals surface area (Å²) < 4.78 is 71.6. The van der Waals surface area contributed by atoms with Crippen molar-refractivity contribution in [3.63, 3.8) is 0 Å². The molecular formula is C29H28Cl2F3N5O4S. The van der Waals surface area contributed by atoms with Crippen LogP contribution in [-0.2, 0) is 16.4 Å². The Morgan fingerprint density at radius 3 is 2.05 bits per heavy atom. The molecule has 2 N–H and O–H groups in total. The third-order valence-electron chi connectivity index (χ3n) is 7.41. The number of urea groups is 1. The first-order valence-corrected chi connectivity index (χ1v) is 15.8. The standard InChI is InChI=1S/C29H28Cl2F3N5O4S/c1-2-43-24-17-20(29(32,33)34)7-12-23(24)27-36-25(18-3-8-21(30)9-4-18)26(19-5-10-22(31)11-6-19)39(27)28(40)37-13-15-38(16-14-37)44(35,41)42/h3-12,17,25-26H,2,13-16H2,1H3,(H2,35,41,42). The molecule has 0 radical (unpaired) electrons. The Morgan fingerprint density at radius 1 is 0.955 bits per heavy atom. The van der Waals surface area contributed by atoms with E-state index in [9.17, 15) is 26.4 Å². The van der Waals surface area contributed by atoms with Gasteiger partial charge in [-0.1, -0.05) is 47.5 Å². The van der Waals surface area contributed by atoms with E-state index in [1.54, 1.807) is 55.5 Å². The van der Waals surface area contributed by atoms with Crippen molar-refractivity contribution in [2.24, 2.45) is 10.1 Å². The number of nitrogens with zero attached hydrogens (tertiary/aromatic N) is 4. The molecule has 15 heteroatoms. The van der Waals surface area contributed by atoms with Crippen molar-refractivity contribution < 1.29 is 31.1 Å². The van der Waals surface area contributed by atoms with Gasteiger partial charge in [0, 0.05) is 36.2 Å². The normalized spacial score (nSPS) is 19.7. The van der Waals surface area contributed by atoms with Gasteiger partial charge in [-0.15, -0.1) is 0 Å². The van der Waals surface area contributed by atoms with E-state index in [-0.39, 0.29) is 49.9 Å².